The molecule has 1 N–H and O–H groups in total. The average Bonchev–Trinajstić information content (AvgIpc) is 2.86. The number of methoxy groups -OCH3 is 1. The van der Waals surface area contributed by atoms with E-state index in [-0.39, 0.29) is 24.3 Å². The number of ether oxygens (including phenoxy) is 1. The zero-order valence-electron chi connectivity index (χ0n) is 18.9. The van der Waals surface area contributed by atoms with Crippen molar-refractivity contribution >= 4 is 32.7 Å². The fourth-order valence-corrected chi connectivity index (χ4v) is 4.68. The number of fused-ring (bicyclic) bond motifs is 1. The Morgan fingerprint density at radius 1 is 1.06 bits per heavy atom. The summed E-state index contributed by atoms with van der Waals surface area (Å²) in [4.78, 5) is 26.0. The number of carbonyl (C=O) groups excluding carboxylic acids is 2. The molecule has 8 nitrogen and oxygen atoms in total. The van der Waals surface area contributed by atoms with E-state index in [1.807, 2.05) is 30.3 Å². The maximum absolute atomic E-state index is 13.2. The van der Waals surface area contributed by atoms with Crippen LogP contribution in [0, 0.1) is 11.3 Å². The molecule has 0 radical (unpaired) electrons. The molecule has 0 fully saturated rings. The Bertz CT molecular complexity index is 1330. The van der Waals surface area contributed by atoms with E-state index in [9.17, 15) is 18.0 Å². The van der Waals surface area contributed by atoms with Crippen LogP contribution in [-0.4, -0.2) is 51.9 Å². The first-order valence-electron chi connectivity index (χ1n) is 10.6. The molecule has 1 unspecified atom stereocenters. The van der Waals surface area contributed by atoms with Gasteiger partial charge in [-0.2, -0.15) is 9.98 Å². The Kier molecular flexibility index (Phi) is 7.99. The van der Waals surface area contributed by atoms with E-state index in [0.29, 0.717) is 11.1 Å². The molecular formula is C25H25N3O5S. The maximum Gasteiger partial charge on any atom is 0.307 e. The quantitative estimate of drug-likeness (QED) is 0.472. The Labute approximate surface area is 198 Å². The Balaban J connectivity index is 1.88. The van der Waals surface area contributed by atoms with Gasteiger partial charge < -0.3 is 9.64 Å². The summed E-state index contributed by atoms with van der Waals surface area (Å²) in [7, 11) is -1.28. The van der Waals surface area contributed by atoms with Crippen molar-refractivity contribution in [3.8, 4) is 6.07 Å². The minimum atomic E-state index is -4.04. The van der Waals surface area contributed by atoms with Gasteiger partial charge >= 0.3 is 5.97 Å². The molecular weight excluding hydrogens is 454 g/mol. The van der Waals surface area contributed by atoms with Gasteiger partial charge in [-0.05, 0) is 47.0 Å². The number of benzene rings is 3. The van der Waals surface area contributed by atoms with Gasteiger partial charge in [-0.3, -0.25) is 9.59 Å². The third-order valence-electron chi connectivity index (χ3n) is 5.40. The maximum atomic E-state index is 13.2. The second kappa shape index (κ2) is 10.9. The number of nitrogens with one attached hydrogen (secondary N) is 1. The van der Waals surface area contributed by atoms with Crippen LogP contribution < -0.4 is 4.72 Å². The standard InChI is InChI=1S/C25H25N3O5S/c1-28(14-13-24(29)33-2)25(30)23(15-18-7-9-19(17-26)10-8-18)27-34(31,32)22-12-11-20-5-3-4-6-21(20)16-22/h3-12,16,23,27H,13-15H2,1-2H3. The first-order valence-corrected chi connectivity index (χ1v) is 12.0. The lowest BCUT2D eigenvalue weighted by Gasteiger charge is -2.24. The molecule has 0 aliphatic carbocycles. The number of carbonyl (C=O) groups is 2. The summed E-state index contributed by atoms with van der Waals surface area (Å²) in [6.45, 7) is 0.0765. The number of amides is 1. The zero-order chi connectivity index (χ0) is 24.7. The lowest BCUT2D eigenvalue weighted by molar-refractivity contribution is -0.141. The first-order chi connectivity index (χ1) is 16.2. The van der Waals surface area contributed by atoms with Gasteiger partial charge in [-0.25, -0.2) is 8.42 Å². The summed E-state index contributed by atoms with van der Waals surface area (Å²) in [6.07, 6.45) is 0.0552. The Morgan fingerprint density at radius 2 is 1.74 bits per heavy atom. The molecule has 1 amide bonds. The topological polar surface area (TPSA) is 117 Å². The number of rotatable bonds is 9. The first kappa shape index (κ1) is 24.9. The number of hydrogen-bond acceptors (Lipinski definition) is 6. The van der Waals surface area contributed by atoms with Gasteiger partial charge in [0, 0.05) is 13.6 Å². The highest BCUT2D eigenvalue weighted by Gasteiger charge is 2.28. The summed E-state index contributed by atoms with van der Waals surface area (Å²) in [5, 5.41) is 10.7. The number of esters is 1. The lowest BCUT2D eigenvalue weighted by atomic mass is 10.0. The predicted octanol–water partition coefficient (Wildman–Crippen LogP) is 2.62. The van der Waals surface area contributed by atoms with E-state index in [1.165, 1.54) is 25.1 Å². The van der Waals surface area contributed by atoms with Crippen LogP contribution in [0.25, 0.3) is 10.8 Å². The van der Waals surface area contributed by atoms with Gasteiger partial charge in [0.05, 0.1) is 30.1 Å². The van der Waals surface area contributed by atoms with Crippen LogP contribution in [0.4, 0.5) is 0 Å². The summed E-state index contributed by atoms with van der Waals surface area (Å²) in [5.41, 5.74) is 1.14. The number of likely N-dealkylation sites (N-methyl/N-ethyl adjacent to an activating group) is 1. The zero-order valence-corrected chi connectivity index (χ0v) is 19.7. The smallest absolute Gasteiger partial charge is 0.307 e. The minimum Gasteiger partial charge on any atom is -0.469 e. The number of hydrogen-bond donors (Lipinski definition) is 1. The summed E-state index contributed by atoms with van der Waals surface area (Å²) in [5.74, 6) is -0.960. The monoisotopic (exact) mass is 479 g/mol. The van der Waals surface area contributed by atoms with Gasteiger partial charge in [0.1, 0.15) is 6.04 Å². The Hall–Kier alpha value is -3.74. The molecule has 0 spiro atoms. The minimum absolute atomic E-state index is 0.0141. The second-order valence-corrected chi connectivity index (χ2v) is 9.50. The summed E-state index contributed by atoms with van der Waals surface area (Å²) >= 11 is 0. The third kappa shape index (κ3) is 6.19. The molecule has 34 heavy (non-hydrogen) atoms. The van der Waals surface area contributed by atoms with E-state index in [1.54, 1.807) is 36.4 Å². The highest BCUT2D eigenvalue weighted by Crippen LogP contribution is 2.20. The molecule has 0 aliphatic rings. The molecule has 0 aromatic heterocycles. The van der Waals surface area contributed by atoms with Gasteiger partial charge in [0.25, 0.3) is 0 Å². The number of sulfonamides is 1. The van der Waals surface area contributed by atoms with E-state index >= 15 is 0 Å². The van der Waals surface area contributed by atoms with Crippen molar-refractivity contribution in [2.24, 2.45) is 0 Å². The second-order valence-electron chi connectivity index (χ2n) is 7.78. The van der Waals surface area contributed by atoms with Crippen LogP contribution in [0.3, 0.4) is 0 Å². The number of nitrogens with zero attached hydrogens (tertiary/aromatic N) is 2. The van der Waals surface area contributed by atoms with E-state index in [0.717, 1.165) is 10.8 Å². The molecule has 0 bridgehead atoms. The van der Waals surface area contributed by atoms with Crippen molar-refractivity contribution in [3.05, 3.63) is 77.9 Å². The predicted molar refractivity (Wildman–Crippen MR) is 127 cm³/mol. The number of nitriles is 1. The van der Waals surface area contributed by atoms with Crippen molar-refractivity contribution < 1.29 is 22.7 Å². The molecule has 1 atom stereocenters. The molecule has 3 aromatic rings. The summed E-state index contributed by atoms with van der Waals surface area (Å²) < 4.78 is 33.6. The van der Waals surface area contributed by atoms with Gasteiger partial charge in [0.15, 0.2) is 0 Å². The van der Waals surface area contributed by atoms with Crippen LogP contribution >= 0.6 is 0 Å². The van der Waals surface area contributed by atoms with Crippen LogP contribution in [0.2, 0.25) is 0 Å². The average molecular weight is 480 g/mol. The van der Waals surface area contributed by atoms with Crippen molar-refractivity contribution in [2.75, 3.05) is 20.7 Å². The molecule has 176 valence electrons. The van der Waals surface area contributed by atoms with Crippen LogP contribution in [0.15, 0.2) is 71.6 Å². The van der Waals surface area contributed by atoms with E-state index in [4.69, 9.17) is 5.26 Å². The summed E-state index contributed by atoms with van der Waals surface area (Å²) in [6, 6.07) is 19.6. The fraction of sp³-hybridized carbons (Fsp3) is 0.240. The van der Waals surface area contributed by atoms with Crippen LogP contribution in [-0.2, 0) is 30.8 Å². The highest BCUT2D eigenvalue weighted by molar-refractivity contribution is 7.89. The van der Waals surface area contributed by atoms with Crippen LogP contribution in [0.1, 0.15) is 17.5 Å². The molecule has 3 aromatic carbocycles. The van der Waals surface area contributed by atoms with E-state index in [2.05, 4.69) is 9.46 Å². The molecule has 0 saturated heterocycles. The third-order valence-corrected chi connectivity index (χ3v) is 6.87. The molecule has 9 heteroatoms. The molecule has 0 saturated carbocycles. The van der Waals surface area contributed by atoms with Gasteiger partial charge in [-0.1, -0.05) is 42.5 Å². The molecule has 0 heterocycles. The van der Waals surface area contributed by atoms with Crippen LogP contribution in [0.5, 0.6) is 0 Å². The van der Waals surface area contributed by atoms with Crippen molar-refractivity contribution in [3.63, 3.8) is 0 Å². The lowest BCUT2D eigenvalue weighted by Crippen LogP contribution is -2.48. The highest BCUT2D eigenvalue weighted by atomic mass is 32.2. The van der Waals surface area contributed by atoms with Gasteiger partial charge in [0.2, 0.25) is 15.9 Å². The van der Waals surface area contributed by atoms with Crippen molar-refractivity contribution in [2.45, 2.75) is 23.8 Å². The molecule has 0 aliphatic heterocycles. The largest absolute Gasteiger partial charge is 0.469 e. The van der Waals surface area contributed by atoms with Crippen molar-refractivity contribution in [1.29, 1.82) is 5.26 Å². The van der Waals surface area contributed by atoms with Gasteiger partial charge in [-0.15, -0.1) is 0 Å². The fourth-order valence-electron chi connectivity index (χ4n) is 3.46. The SMILES string of the molecule is COC(=O)CCN(C)C(=O)C(Cc1ccc(C#N)cc1)NS(=O)(=O)c1ccc2ccccc2c1. The van der Waals surface area contributed by atoms with Crippen molar-refractivity contribution in [1.82, 2.24) is 9.62 Å². The Morgan fingerprint density at radius 3 is 2.38 bits per heavy atom. The normalized spacial score (nSPS) is 12.0. The molecule has 3 rings (SSSR count). The van der Waals surface area contributed by atoms with E-state index < -0.39 is 27.9 Å².